The Kier molecular flexibility index (Phi) is 6.07. The molecular formula is C21H30N8. The summed E-state index contributed by atoms with van der Waals surface area (Å²) in [5.74, 6) is 3.94. The third-order valence-electron chi connectivity index (χ3n) is 5.36. The van der Waals surface area contributed by atoms with E-state index in [0.717, 1.165) is 68.0 Å². The van der Waals surface area contributed by atoms with E-state index in [9.17, 15) is 0 Å². The number of aromatic nitrogens is 5. The molecule has 0 saturated heterocycles. The van der Waals surface area contributed by atoms with E-state index in [2.05, 4.69) is 67.0 Å². The molecule has 0 atom stereocenters. The van der Waals surface area contributed by atoms with E-state index in [1.165, 1.54) is 18.4 Å². The highest BCUT2D eigenvalue weighted by Crippen LogP contribution is 2.16. The molecule has 3 aromatic rings. The second kappa shape index (κ2) is 9.07. The summed E-state index contributed by atoms with van der Waals surface area (Å²) in [5, 5.41) is 15.4. The first-order valence-electron chi connectivity index (χ1n) is 10.6. The number of nitrogens with one attached hydrogen (secondary N) is 2. The predicted octanol–water partition coefficient (Wildman–Crippen LogP) is 2.42. The van der Waals surface area contributed by atoms with Crippen LogP contribution in [0, 0.1) is 6.92 Å². The van der Waals surface area contributed by atoms with Gasteiger partial charge in [0.1, 0.15) is 18.2 Å². The van der Waals surface area contributed by atoms with E-state index in [0.29, 0.717) is 6.54 Å². The Balaban J connectivity index is 1.33. The van der Waals surface area contributed by atoms with Crippen LogP contribution in [0.15, 0.2) is 29.3 Å². The Labute approximate surface area is 171 Å². The summed E-state index contributed by atoms with van der Waals surface area (Å²) in [7, 11) is 0. The normalized spacial score (nSPS) is 14.2. The molecule has 8 nitrogen and oxygen atoms in total. The molecule has 2 aromatic heterocycles. The van der Waals surface area contributed by atoms with Crippen molar-refractivity contribution >= 4 is 17.0 Å². The maximum Gasteiger partial charge on any atom is 0.191 e. The highest BCUT2D eigenvalue weighted by Gasteiger charge is 2.15. The topological polar surface area (TPSA) is 85.0 Å². The van der Waals surface area contributed by atoms with E-state index in [4.69, 9.17) is 4.99 Å². The first kappa shape index (κ1) is 19.4. The molecule has 3 heterocycles. The SMILES string of the molecule is CCNC(=NCc1nnc2n1CCCC2)NCCCn1c(C)nc2ccccc21. The Morgan fingerprint density at radius 3 is 2.97 bits per heavy atom. The van der Waals surface area contributed by atoms with Crippen molar-refractivity contribution < 1.29 is 0 Å². The van der Waals surface area contributed by atoms with Gasteiger partial charge in [-0.15, -0.1) is 10.2 Å². The van der Waals surface area contributed by atoms with E-state index < -0.39 is 0 Å². The van der Waals surface area contributed by atoms with Gasteiger partial charge in [0.25, 0.3) is 0 Å². The summed E-state index contributed by atoms with van der Waals surface area (Å²) in [6.45, 7) is 8.31. The largest absolute Gasteiger partial charge is 0.357 e. The zero-order valence-electron chi connectivity index (χ0n) is 17.4. The van der Waals surface area contributed by atoms with Crippen molar-refractivity contribution in [2.45, 2.75) is 59.2 Å². The number of hydrogen-bond donors (Lipinski definition) is 2. The van der Waals surface area contributed by atoms with Crippen LogP contribution in [0.5, 0.6) is 0 Å². The Morgan fingerprint density at radius 1 is 1.17 bits per heavy atom. The van der Waals surface area contributed by atoms with Crippen LogP contribution >= 0.6 is 0 Å². The van der Waals surface area contributed by atoms with Crippen molar-refractivity contribution in [2.24, 2.45) is 4.99 Å². The molecule has 0 bridgehead atoms. The van der Waals surface area contributed by atoms with Gasteiger partial charge in [-0.1, -0.05) is 12.1 Å². The summed E-state index contributed by atoms with van der Waals surface area (Å²) in [4.78, 5) is 9.36. The highest BCUT2D eigenvalue weighted by atomic mass is 15.3. The van der Waals surface area contributed by atoms with E-state index in [1.54, 1.807) is 0 Å². The molecule has 2 N–H and O–H groups in total. The Bertz CT molecular complexity index is 984. The second-order valence-electron chi connectivity index (χ2n) is 7.42. The van der Waals surface area contributed by atoms with Crippen LogP contribution in [0.4, 0.5) is 0 Å². The van der Waals surface area contributed by atoms with Crippen molar-refractivity contribution in [1.29, 1.82) is 0 Å². The summed E-state index contributed by atoms with van der Waals surface area (Å²) in [5.41, 5.74) is 2.26. The number of rotatable bonds is 7. The van der Waals surface area contributed by atoms with Gasteiger partial charge in [0.05, 0.1) is 11.0 Å². The average Bonchev–Trinajstić information content (AvgIpc) is 3.29. The van der Waals surface area contributed by atoms with Gasteiger partial charge >= 0.3 is 0 Å². The van der Waals surface area contributed by atoms with Crippen molar-refractivity contribution in [3.63, 3.8) is 0 Å². The molecule has 0 aliphatic carbocycles. The highest BCUT2D eigenvalue weighted by molar-refractivity contribution is 5.79. The summed E-state index contributed by atoms with van der Waals surface area (Å²) in [6.07, 6.45) is 4.42. The van der Waals surface area contributed by atoms with Crippen LogP contribution in [0.25, 0.3) is 11.0 Å². The van der Waals surface area contributed by atoms with Crippen molar-refractivity contribution in [3.05, 3.63) is 41.7 Å². The molecule has 0 spiro atoms. The third-order valence-corrected chi connectivity index (χ3v) is 5.36. The van der Waals surface area contributed by atoms with Gasteiger partial charge < -0.3 is 19.8 Å². The molecule has 0 radical (unpaired) electrons. The van der Waals surface area contributed by atoms with Crippen molar-refractivity contribution in [1.82, 2.24) is 34.9 Å². The van der Waals surface area contributed by atoms with Gasteiger partial charge in [-0.3, -0.25) is 0 Å². The zero-order valence-corrected chi connectivity index (χ0v) is 17.4. The van der Waals surface area contributed by atoms with Crippen LogP contribution in [-0.4, -0.2) is 43.4 Å². The summed E-state index contributed by atoms with van der Waals surface area (Å²) < 4.78 is 4.51. The molecule has 0 saturated carbocycles. The second-order valence-corrected chi connectivity index (χ2v) is 7.42. The number of aryl methyl sites for hydroxylation is 3. The molecule has 0 amide bonds. The molecule has 8 heteroatoms. The maximum atomic E-state index is 4.72. The molecule has 1 aliphatic heterocycles. The van der Waals surface area contributed by atoms with Gasteiger partial charge in [0, 0.05) is 32.6 Å². The Hall–Kier alpha value is -2.90. The molecule has 154 valence electrons. The lowest BCUT2D eigenvalue weighted by Gasteiger charge is -2.15. The van der Waals surface area contributed by atoms with E-state index in [-0.39, 0.29) is 0 Å². The monoisotopic (exact) mass is 394 g/mol. The molecular weight excluding hydrogens is 364 g/mol. The first-order chi connectivity index (χ1) is 14.3. The first-order valence-corrected chi connectivity index (χ1v) is 10.6. The fourth-order valence-electron chi connectivity index (χ4n) is 3.90. The molecule has 0 unspecified atom stereocenters. The fraction of sp³-hybridized carbons (Fsp3) is 0.524. The smallest absolute Gasteiger partial charge is 0.191 e. The molecule has 0 fully saturated rings. The average molecular weight is 395 g/mol. The van der Waals surface area contributed by atoms with Crippen LogP contribution < -0.4 is 10.6 Å². The number of nitrogens with zero attached hydrogens (tertiary/aromatic N) is 6. The van der Waals surface area contributed by atoms with Gasteiger partial charge in [0.2, 0.25) is 0 Å². The Morgan fingerprint density at radius 2 is 2.07 bits per heavy atom. The van der Waals surface area contributed by atoms with Gasteiger partial charge in [-0.25, -0.2) is 9.98 Å². The fourth-order valence-corrected chi connectivity index (χ4v) is 3.90. The number of aliphatic imine (C=N–C) groups is 1. The number of imidazole rings is 1. The standard InChI is InChI=1S/C21H30N8/c1-3-22-21(24-15-20-27-26-19-11-6-7-13-29(19)20)23-12-8-14-28-16(2)25-17-9-4-5-10-18(17)28/h4-5,9-10H,3,6-8,11-15H2,1-2H3,(H2,22,23,24). The molecule has 1 aromatic carbocycles. The van der Waals surface area contributed by atoms with Crippen LogP contribution in [0.2, 0.25) is 0 Å². The van der Waals surface area contributed by atoms with Crippen molar-refractivity contribution in [3.8, 4) is 0 Å². The summed E-state index contributed by atoms with van der Waals surface area (Å²) in [6, 6.07) is 8.30. The lowest BCUT2D eigenvalue weighted by molar-refractivity contribution is 0.508. The predicted molar refractivity (Wildman–Crippen MR) is 115 cm³/mol. The lowest BCUT2D eigenvalue weighted by Crippen LogP contribution is -2.38. The number of benzene rings is 1. The molecule has 29 heavy (non-hydrogen) atoms. The lowest BCUT2D eigenvalue weighted by atomic mass is 10.2. The van der Waals surface area contributed by atoms with Gasteiger partial charge in [-0.2, -0.15) is 0 Å². The molecule has 1 aliphatic rings. The minimum Gasteiger partial charge on any atom is -0.357 e. The number of fused-ring (bicyclic) bond motifs is 2. The third kappa shape index (κ3) is 4.41. The minimum atomic E-state index is 0.549. The van der Waals surface area contributed by atoms with Crippen molar-refractivity contribution in [2.75, 3.05) is 13.1 Å². The van der Waals surface area contributed by atoms with E-state index in [1.807, 2.05) is 6.07 Å². The van der Waals surface area contributed by atoms with Crippen LogP contribution in [0.3, 0.4) is 0 Å². The van der Waals surface area contributed by atoms with E-state index >= 15 is 0 Å². The number of para-hydroxylation sites is 2. The molecule has 4 rings (SSSR count). The number of hydrogen-bond acceptors (Lipinski definition) is 4. The minimum absolute atomic E-state index is 0.549. The summed E-state index contributed by atoms with van der Waals surface area (Å²) >= 11 is 0. The maximum absolute atomic E-state index is 4.72. The van der Waals surface area contributed by atoms with Gasteiger partial charge in [0.15, 0.2) is 11.8 Å². The van der Waals surface area contributed by atoms with Crippen LogP contribution in [-0.2, 0) is 26.1 Å². The van der Waals surface area contributed by atoms with Gasteiger partial charge in [-0.05, 0) is 45.2 Å². The van der Waals surface area contributed by atoms with Crippen LogP contribution in [0.1, 0.15) is 43.7 Å². The number of guanidine groups is 1. The quantitative estimate of drug-likeness (QED) is 0.365. The zero-order chi connectivity index (χ0) is 20.1.